The zero-order valence-electron chi connectivity index (χ0n) is 11.6. The molecule has 1 aromatic heterocycles. The smallest absolute Gasteiger partial charge is 0.141 e. The Kier molecular flexibility index (Phi) is 3.15. The van der Waals surface area contributed by atoms with Crippen LogP contribution in [0.5, 0.6) is 5.75 Å². The highest BCUT2D eigenvalue weighted by molar-refractivity contribution is 5.35. The fourth-order valence-electron chi connectivity index (χ4n) is 1.78. The van der Waals surface area contributed by atoms with Crippen molar-refractivity contribution in [1.82, 2.24) is 4.98 Å². The Bertz CT molecular complexity index is 400. The topological polar surface area (TPSA) is 22.1 Å². The molecule has 0 radical (unpaired) electrons. The van der Waals surface area contributed by atoms with Gasteiger partial charge in [-0.25, -0.2) is 0 Å². The molecule has 1 saturated carbocycles. The van der Waals surface area contributed by atoms with Gasteiger partial charge in [-0.15, -0.1) is 0 Å². The van der Waals surface area contributed by atoms with Crippen LogP contribution in [0, 0.1) is 0 Å². The van der Waals surface area contributed by atoms with E-state index in [0.29, 0.717) is 12.0 Å². The molecule has 94 valence electrons. The molecule has 0 N–H and O–H groups in total. The van der Waals surface area contributed by atoms with Crippen LogP contribution in [0.1, 0.15) is 64.8 Å². The summed E-state index contributed by atoms with van der Waals surface area (Å²) < 4.78 is 5.96. The van der Waals surface area contributed by atoms with Crippen molar-refractivity contribution in [2.24, 2.45) is 0 Å². The average molecular weight is 233 g/mol. The van der Waals surface area contributed by atoms with Crippen molar-refractivity contribution in [2.75, 3.05) is 0 Å². The Morgan fingerprint density at radius 1 is 1.24 bits per heavy atom. The number of hydrogen-bond acceptors (Lipinski definition) is 2. The van der Waals surface area contributed by atoms with Crippen LogP contribution in [-0.2, 0) is 5.41 Å². The van der Waals surface area contributed by atoms with Crippen molar-refractivity contribution in [1.29, 1.82) is 0 Å². The molecule has 0 spiro atoms. The lowest BCUT2D eigenvalue weighted by Crippen LogP contribution is -2.17. The number of nitrogens with zero attached hydrogens (tertiary/aromatic N) is 1. The van der Waals surface area contributed by atoms with E-state index >= 15 is 0 Å². The highest BCUT2D eigenvalue weighted by Crippen LogP contribution is 2.35. The Hall–Kier alpha value is -1.05. The van der Waals surface area contributed by atoms with Crippen molar-refractivity contribution in [3.05, 3.63) is 23.5 Å². The van der Waals surface area contributed by atoms with Gasteiger partial charge in [0.25, 0.3) is 0 Å². The summed E-state index contributed by atoms with van der Waals surface area (Å²) in [7, 11) is 0. The normalized spacial score (nSPS) is 16.4. The monoisotopic (exact) mass is 233 g/mol. The van der Waals surface area contributed by atoms with Gasteiger partial charge in [0.1, 0.15) is 5.75 Å². The molecular formula is C15H23NO. The van der Waals surface area contributed by atoms with E-state index in [9.17, 15) is 0 Å². The Labute approximate surface area is 104 Å². The van der Waals surface area contributed by atoms with Gasteiger partial charge in [0.2, 0.25) is 0 Å². The minimum absolute atomic E-state index is 0.0368. The molecule has 0 atom stereocenters. The molecule has 0 amide bonds. The zero-order chi connectivity index (χ0) is 12.6. The van der Waals surface area contributed by atoms with Crippen molar-refractivity contribution >= 4 is 0 Å². The first-order valence-electron chi connectivity index (χ1n) is 6.56. The summed E-state index contributed by atoms with van der Waals surface area (Å²) in [5.74, 6) is 1.44. The lowest BCUT2D eigenvalue weighted by atomic mass is 9.90. The average Bonchev–Trinajstić information content (AvgIpc) is 3.00. The largest absolute Gasteiger partial charge is 0.488 e. The number of aromatic nitrogens is 1. The predicted octanol–water partition coefficient (Wildman–Crippen LogP) is 4.04. The molecule has 1 aliphatic rings. The molecule has 0 saturated heterocycles. The molecule has 1 fully saturated rings. The van der Waals surface area contributed by atoms with E-state index in [1.807, 2.05) is 0 Å². The summed E-state index contributed by atoms with van der Waals surface area (Å²) in [4.78, 5) is 4.80. The van der Waals surface area contributed by atoms with E-state index in [-0.39, 0.29) is 5.41 Å². The maximum Gasteiger partial charge on any atom is 0.141 e. The molecule has 1 aliphatic carbocycles. The molecule has 0 bridgehead atoms. The summed E-state index contributed by atoms with van der Waals surface area (Å²) in [6.07, 6.45) is 2.81. The fraction of sp³-hybridized carbons (Fsp3) is 0.667. The highest BCUT2D eigenvalue weighted by atomic mass is 16.5. The van der Waals surface area contributed by atoms with E-state index in [1.165, 1.54) is 12.8 Å². The van der Waals surface area contributed by atoms with Crippen LogP contribution in [0.15, 0.2) is 12.1 Å². The van der Waals surface area contributed by atoms with Crippen LogP contribution in [0.25, 0.3) is 0 Å². The predicted molar refractivity (Wildman–Crippen MR) is 70.7 cm³/mol. The second kappa shape index (κ2) is 4.32. The van der Waals surface area contributed by atoms with E-state index in [0.717, 1.165) is 17.1 Å². The Morgan fingerprint density at radius 3 is 2.35 bits per heavy atom. The molecule has 0 aromatic carbocycles. The van der Waals surface area contributed by atoms with E-state index in [1.54, 1.807) is 0 Å². The summed E-state index contributed by atoms with van der Waals surface area (Å²) in [5, 5.41) is 0. The number of ether oxygens (including phenoxy) is 1. The maximum atomic E-state index is 5.96. The molecule has 0 unspecified atom stereocenters. The van der Waals surface area contributed by atoms with Crippen LogP contribution in [-0.4, -0.2) is 11.1 Å². The van der Waals surface area contributed by atoms with Gasteiger partial charge < -0.3 is 4.74 Å². The third kappa shape index (κ3) is 2.99. The minimum Gasteiger partial charge on any atom is -0.488 e. The zero-order valence-corrected chi connectivity index (χ0v) is 11.6. The van der Waals surface area contributed by atoms with Crippen molar-refractivity contribution in [3.8, 4) is 5.75 Å². The molecular weight excluding hydrogens is 210 g/mol. The Balaban J connectivity index is 2.36. The lowest BCUT2D eigenvalue weighted by Gasteiger charge is -2.23. The first-order chi connectivity index (χ1) is 7.88. The highest BCUT2D eigenvalue weighted by Gasteiger charge is 2.28. The second-order valence-corrected chi connectivity index (χ2v) is 6.30. The molecule has 0 aliphatic heterocycles. The van der Waals surface area contributed by atoms with Gasteiger partial charge in [0.05, 0.1) is 11.8 Å². The van der Waals surface area contributed by atoms with Gasteiger partial charge in [0.15, 0.2) is 0 Å². The first-order valence-corrected chi connectivity index (χ1v) is 6.56. The van der Waals surface area contributed by atoms with Crippen LogP contribution >= 0.6 is 0 Å². The number of pyridine rings is 1. The molecule has 2 nitrogen and oxygen atoms in total. The molecule has 17 heavy (non-hydrogen) atoms. The van der Waals surface area contributed by atoms with Gasteiger partial charge in [-0.3, -0.25) is 4.98 Å². The fourth-order valence-corrected chi connectivity index (χ4v) is 1.78. The van der Waals surface area contributed by atoms with Crippen LogP contribution in [0.3, 0.4) is 0 Å². The van der Waals surface area contributed by atoms with Crippen molar-refractivity contribution < 1.29 is 4.74 Å². The van der Waals surface area contributed by atoms with Gasteiger partial charge in [0, 0.05) is 11.1 Å². The van der Waals surface area contributed by atoms with Gasteiger partial charge in [-0.05, 0) is 30.9 Å². The first kappa shape index (κ1) is 12.4. The SMILES string of the molecule is CC(C)c1ccc(OC2CC2)c(C(C)(C)C)n1. The second-order valence-electron chi connectivity index (χ2n) is 6.30. The molecule has 2 heteroatoms. The molecule has 2 rings (SSSR count). The Morgan fingerprint density at radius 2 is 1.88 bits per heavy atom. The van der Waals surface area contributed by atoms with E-state index < -0.39 is 0 Å². The maximum absolute atomic E-state index is 5.96. The minimum atomic E-state index is 0.0368. The number of hydrogen-bond donors (Lipinski definition) is 0. The van der Waals surface area contributed by atoms with Crippen molar-refractivity contribution in [3.63, 3.8) is 0 Å². The lowest BCUT2D eigenvalue weighted by molar-refractivity contribution is 0.291. The van der Waals surface area contributed by atoms with Gasteiger partial charge in [-0.1, -0.05) is 34.6 Å². The quantitative estimate of drug-likeness (QED) is 0.786. The standard InChI is InChI=1S/C15H23NO/c1-10(2)12-8-9-13(17-11-6-7-11)14(16-12)15(3,4)5/h8-11H,6-7H2,1-5H3. The van der Waals surface area contributed by atoms with Crippen LogP contribution < -0.4 is 4.74 Å². The summed E-state index contributed by atoms with van der Waals surface area (Å²) in [6, 6.07) is 4.19. The van der Waals surface area contributed by atoms with Gasteiger partial charge in [-0.2, -0.15) is 0 Å². The third-order valence-electron chi connectivity index (χ3n) is 3.00. The van der Waals surface area contributed by atoms with Crippen LogP contribution in [0.2, 0.25) is 0 Å². The van der Waals surface area contributed by atoms with Crippen LogP contribution in [0.4, 0.5) is 0 Å². The summed E-state index contributed by atoms with van der Waals surface area (Å²) in [6.45, 7) is 10.9. The molecule has 1 aromatic rings. The number of rotatable bonds is 3. The van der Waals surface area contributed by atoms with E-state index in [4.69, 9.17) is 9.72 Å². The third-order valence-corrected chi connectivity index (χ3v) is 3.00. The summed E-state index contributed by atoms with van der Waals surface area (Å²) >= 11 is 0. The van der Waals surface area contributed by atoms with E-state index in [2.05, 4.69) is 46.8 Å². The van der Waals surface area contributed by atoms with Gasteiger partial charge >= 0.3 is 0 Å². The summed E-state index contributed by atoms with van der Waals surface area (Å²) in [5.41, 5.74) is 2.28. The van der Waals surface area contributed by atoms with Crippen molar-refractivity contribution in [2.45, 2.75) is 64.9 Å². The molecule has 1 heterocycles.